The average Bonchev–Trinajstić information content (AvgIpc) is 3.24. The second-order valence-corrected chi connectivity index (χ2v) is 10.2. The van der Waals surface area contributed by atoms with Gasteiger partial charge in [-0.25, -0.2) is 0 Å². The quantitative estimate of drug-likeness (QED) is 0.293. The van der Waals surface area contributed by atoms with Crippen LogP contribution in [0.3, 0.4) is 0 Å². The van der Waals surface area contributed by atoms with Crippen LogP contribution in [0.4, 0.5) is 11.4 Å². The van der Waals surface area contributed by atoms with Gasteiger partial charge in [0, 0.05) is 61.6 Å². The van der Waals surface area contributed by atoms with Gasteiger partial charge in [0.05, 0.1) is 42.7 Å². The predicted octanol–water partition coefficient (Wildman–Crippen LogP) is 3.88. The monoisotopic (exact) mass is 602 g/mol. The van der Waals surface area contributed by atoms with Crippen molar-refractivity contribution in [3.8, 4) is 34.5 Å². The summed E-state index contributed by atoms with van der Waals surface area (Å²) in [5.74, 6) is 2.81. The number of amides is 2. The third-order valence-corrected chi connectivity index (χ3v) is 7.33. The fourth-order valence-corrected chi connectivity index (χ4v) is 5.15. The van der Waals surface area contributed by atoms with E-state index in [2.05, 4.69) is 20.4 Å². The lowest BCUT2D eigenvalue weighted by Gasteiger charge is -2.21. The van der Waals surface area contributed by atoms with E-state index >= 15 is 0 Å². The molecule has 0 aromatic heterocycles. The van der Waals surface area contributed by atoms with E-state index in [1.165, 1.54) is 0 Å². The van der Waals surface area contributed by atoms with Crippen LogP contribution in [-0.2, 0) is 9.59 Å². The zero-order valence-corrected chi connectivity index (χ0v) is 26.2. The van der Waals surface area contributed by atoms with Gasteiger partial charge < -0.3 is 48.9 Å². The Morgan fingerprint density at radius 3 is 1.23 bits per heavy atom. The molecule has 2 aromatic carbocycles. The summed E-state index contributed by atoms with van der Waals surface area (Å²) in [6.45, 7) is 5.57. The van der Waals surface area contributed by atoms with Crippen molar-refractivity contribution in [1.82, 2.24) is 9.80 Å². The predicted molar refractivity (Wildman–Crippen MR) is 165 cm³/mol. The zero-order valence-electron chi connectivity index (χ0n) is 26.2. The summed E-state index contributed by atoms with van der Waals surface area (Å²) in [5.41, 5.74) is 1.20. The van der Waals surface area contributed by atoms with Gasteiger partial charge in [0.15, 0.2) is 23.0 Å². The highest BCUT2D eigenvalue weighted by Crippen LogP contribution is 2.41. The molecule has 12 nitrogen and oxygen atoms in total. The Bertz CT molecular complexity index is 1070. The first kappa shape index (κ1) is 33.6. The first-order valence-electron chi connectivity index (χ1n) is 14.5. The van der Waals surface area contributed by atoms with Gasteiger partial charge >= 0.3 is 0 Å². The number of hydrogen-bond donors (Lipinski definition) is 2. The summed E-state index contributed by atoms with van der Waals surface area (Å²) in [6.07, 6.45) is 3.40. The van der Waals surface area contributed by atoms with Gasteiger partial charge in [0.2, 0.25) is 23.3 Å². The third-order valence-electron chi connectivity index (χ3n) is 7.33. The molecule has 0 aliphatic carbocycles. The van der Waals surface area contributed by atoms with Crippen molar-refractivity contribution in [2.45, 2.75) is 32.1 Å². The minimum absolute atomic E-state index is 0.0597. The van der Waals surface area contributed by atoms with Crippen molar-refractivity contribution in [2.24, 2.45) is 0 Å². The fourth-order valence-electron chi connectivity index (χ4n) is 5.15. The Balaban J connectivity index is 1.37. The van der Waals surface area contributed by atoms with Crippen molar-refractivity contribution in [1.29, 1.82) is 0 Å². The molecule has 1 heterocycles. The van der Waals surface area contributed by atoms with Crippen LogP contribution in [0, 0.1) is 0 Å². The van der Waals surface area contributed by atoms with E-state index in [0.29, 0.717) is 58.7 Å². The van der Waals surface area contributed by atoms with Crippen molar-refractivity contribution in [3.63, 3.8) is 0 Å². The van der Waals surface area contributed by atoms with E-state index in [0.717, 1.165) is 58.5 Å². The summed E-state index contributed by atoms with van der Waals surface area (Å²) in [5, 5.41) is 5.86. The van der Waals surface area contributed by atoms with Gasteiger partial charge in [0.1, 0.15) is 0 Å². The number of carbonyl (C=O) groups is 2. The second-order valence-electron chi connectivity index (χ2n) is 10.2. The smallest absolute Gasteiger partial charge is 0.224 e. The van der Waals surface area contributed by atoms with Gasteiger partial charge in [-0.15, -0.1) is 0 Å². The summed E-state index contributed by atoms with van der Waals surface area (Å²) in [6, 6.07) is 6.89. The standard InChI is InChI=1S/C31H46N4O8/c1-38-24-18-22(19-25(39-2)30(24)42-5)32-28(36)10-7-12-34-14-9-15-35(17-16-34)13-8-11-29(37)33-23-20-26(40-3)31(43-6)27(21-23)41-4/h18-21H,7-17H2,1-6H3,(H,32,36)(H,33,37). The van der Waals surface area contributed by atoms with Gasteiger partial charge in [-0.2, -0.15) is 0 Å². The summed E-state index contributed by atoms with van der Waals surface area (Å²) in [4.78, 5) is 30.0. The first-order chi connectivity index (χ1) is 20.8. The molecule has 0 unspecified atom stereocenters. The molecule has 3 rings (SSSR count). The largest absolute Gasteiger partial charge is 0.493 e. The Morgan fingerprint density at radius 2 is 0.930 bits per heavy atom. The molecule has 0 spiro atoms. The number of anilines is 2. The number of carbonyl (C=O) groups excluding carboxylic acids is 2. The first-order valence-corrected chi connectivity index (χ1v) is 14.5. The normalized spacial score (nSPS) is 13.9. The molecule has 2 amide bonds. The summed E-state index contributed by atoms with van der Waals surface area (Å²) < 4.78 is 32.1. The van der Waals surface area contributed by atoms with Crippen LogP contribution in [0.25, 0.3) is 0 Å². The molecule has 238 valence electrons. The van der Waals surface area contributed by atoms with Crippen LogP contribution in [0.15, 0.2) is 24.3 Å². The van der Waals surface area contributed by atoms with Crippen LogP contribution in [0.1, 0.15) is 32.1 Å². The summed E-state index contributed by atoms with van der Waals surface area (Å²) in [7, 11) is 9.26. The van der Waals surface area contributed by atoms with E-state index in [-0.39, 0.29) is 11.8 Å². The number of benzene rings is 2. The number of hydrogen-bond acceptors (Lipinski definition) is 10. The van der Waals surface area contributed by atoms with Crippen molar-refractivity contribution in [2.75, 3.05) is 92.6 Å². The van der Waals surface area contributed by atoms with Crippen molar-refractivity contribution >= 4 is 23.2 Å². The van der Waals surface area contributed by atoms with Gasteiger partial charge in [-0.3, -0.25) is 9.59 Å². The van der Waals surface area contributed by atoms with Crippen molar-refractivity contribution in [3.05, 3.63) is 24.3 Å². The Hall–Kier alpha value is -3.90. The maximum Gasteiger partial charge on any atom is 0.224 e. The second kappa shape index (κ2) is 17.3. The Labute approximate surface area is 254 Å². The minimum Gasteiger partial charge on any atom is -0.493 e. The average molecular weight is 603 g/mol. The number of nitrogens with zero attached hydrogens (tertiary/aromatic N) is 2. The molecule has 1 aliphatic rings. The molecule has 12 heteroatoms. The van der Waals surface area contributed by atoms with Gasteiger partial charge in [0.25, 0.3) is 0 Å². The van der Waals surface area contributed by atoms with Crippen LogP contribution in [0.2, 0.25) is 0 Å². The summed E-state index contributed by atoms with van der Waals surface area (Å²) >= 11 is 0. The van der Waals surface area contributed by atoms with E-state index in [4.69, 9.17) is 28.4 Å². The van der Waals surface area contributed by atoms with Crippen LogP contribution >= 0.6 is 0 Å². The molecule has 0 radical (unpaired) electrons. The highest BCUT2D eigenvalue weighted by molar-refractivity contribution is 5.92. The highest BCUT2D eigenvalue weighted by atomic mass is 16.5. The lowest BCUT2D eigenvalue weighted by molar-refractivity contribution is -0.117. The molecular weight excluding hydrogens is 556 g/mol. The highest BCUT2D eigenvalue weighted by Gasteiger charge is 2.18. The van der Waals surface area contributed by atoms with Crippen LogP contribution < -0.4 is 39.1 Å². The van der Waals surface area contributed by atoms with Gasteiger partial charge in [-0.1, -0.05) is 0 Å². The molecule has 1 fully saturated rings. The fraction of sp³-hybridized carbons (Fsp3) is 0.548. The van der Waals surface area contributed by atoms with Gasteiger partial charge in [-0.05, 0) is 45.4 Å². The minimum atomic E-state index is -0.0597. The molecule has 1 aliphatic heterocycles. The molecule has 2 N–H and O–H groups in total. The number of rotatable bonds is 16. The molecule has 0 bridgehead atoms. The molecule has 1 saturated heterocycles. The third kappa shape index (κ3) is 9.82. The Morgan fingerprint density at radius 1 is 0.581 bits per heavy atom. The van der Waals surface area contributed by atoms with E-state index in [1.54, 1.807) is 66.9 Å². The number of nitrogens with one attached hydrogen (secondary N) is 2. The van der Waals surface area contributed by atoms with E-state index < -0.39 is 0 Å². The van der Waals surface area contributed by atoms with Crippen LogP contribution in [-0.4, -0.2) is 104 Å². The molecule has 0 saturated carbocycles. The molecule has 2 aromatic rings. The number of ether oxygens (including phenoxy) is 6. The topological polar surface area (TPSA) is 120 Å². The maximum atomic E-state index is 12.6. The molecule has 0 atom stereocenters. The Kier molecular flexibility index (Phi) is 13.5. The van der Waals surface area contributed by atoms with Crippen LogP contribution in [0.5, 0.6) is 34.5 Å². The molecule has 43 heavy (non-hydrogen) atoms. The van der Waals surface area contributed by atoms with E-state index in [1.807, 2.05) is 0 Å². The van der Waals surface area contributed by atoms with E-state index in [9.17, 15) is 9.59 Å². The lowest BCUT2D eigenvalue weighted by Crippen LogP contribution is -2.32. The molecular formula is C31H46N4O8. The van der Waals surface area contributed by atoms with Crippen molar-refractivity contribution < 1.29 is 38.0 Å². The lowest BCUT2D eigenvalue weighted by atomic mass is 10.2. The SMILES string of the molecule is COc1cc(NC(=O)CCCN2CCCN(CCCC(=O)Nc3cc(OC)c(OC)c(OC)c3)CC2)cc(OC)c1OC. The maximum absolute atomic E-state index is 12.6. The zero-order chi connectivity index (χ0) is 31.2. The number of methoxy groups -OCH3 is 6.